The largest absolute Gasteiger partial charge is 0.390 e. The molecule has 14 heavy (non-hydrogen) atoms. The third kappa shape index (κ3) is 5.58. The summed E-state index contributed by atoms with van der Waals surface area (Å²) < 4.78 is 0. The highest BCUT2D eigenvalue weighted by Crippen LogP contribution is 2.19. The van der Waals surface area contributed by atoms with E-state index in [0.29, 0.717) is 13.0 Å². The summed E-state index contributed by atoms with van der Waals surface area (Å²) in [6.07, 6.45) is 0.118. The number of β-amino-alcohol motifs (C(OH)–C–C–N with tert-alkyl or cyclic N) is 1. The molecule has 2 unspecified atom stereocenters. The maximum Gasteiger partial charge on any atom is 0.100 e. The standard InChI is InChI=1S/C7H15NO2.2C2H6/c1-7(10)5-8(2)4-3-6(7)9;2*1-2/h6,9-10H,3-5H2,1-2H3;2*1-2H3. The molecule has 1 fully saturated rings. The van der Waals surface area contributed by atoms with Crippen molar-refractivity contribution in [2.24, 2.45) is 0 Å². The maximum atomic E-state index is 9.52. The lowest BCUT2D eigenvalue weighted by Crippen LogP contribution is -2.53. The van der Waals surface area contributed by atoms with Crippen molar-refractivity contribution in [3.05, 3.63) is 0 Å². The van der Waals surface area contributed by atoms with E-state index >= 15 is 0 Å². The van der Waals surface area contributed by atoms with Gasteiger partial charge in [-0.2, -0.15) is 0 Å². The molecule has 3 nitrogen and oxygen atoms in total. The average Bonchev–Trinajstić information content (AvgIpc) is 2.18. The molecule has 0 aromatic carbocycles. The van der Waals surface area contributed by atoms with Gasteiger partial charge < -0.3 is 15.1 Å². The fourth-order valence-electron chi connectivity index (χ4n) is 1.38. The summed E-state index contributed by atoms with van der Waals surface area (Å²) in [5.41, 5.74) is -0.910. The minimum absolute atomic E-state index is 0.552. The van der Waals surface area contributed by atoms with Crippen LogP contribution in [0, 0.1) is 0 Å². The van der Waals surface area contributed by atoms with Gasteiger partial charge in [0.15, 0.2) is 0 Å². The van der Waals surface area contributed by atoms with Gasteiger partial charge in [-0.15, -0.1) is 0 Å². The Morgan fingerprint density at radius 1 is 1.21 bits per heavy atom. The van der Waals surface area contributed by atoms with Crippen LogP contribution in [0.15, 0.2) is 0 Å². The fraction of sp³-hybridized carbons (Fsp3) is 1.00. The summed E-state index contributed by atoms with van der Waals surface area (Å²) in [5, 5.41) is 18.8. The van der Waals surface area contributed by atoms with Crippen molar-refractivity contribution >= 4 is 0 Å². The molecule has 88 valence electrons. The molecule has 0 bridgehead atoms. The molecule has 1 aliphatic heterocycles. The Hall–Kier alpha value is -0.120. The van der Waals surface area contributed by atoms with E-state index in [1.165, 1.54) is 0 Å². The Labute approximate surface area is 88.7 Å². The van der Waals surface area contributed by atoms with Crippen LogP contribution < -0.4 is 0 Å². The first kappa shape index (κ1) is 16.3. The molecule has 0 saturated carbocycles. The second-order valence-corrected chi connectivity index (χ2v) is 3.40. The average molecular weight is 205 g/mol. The lowest BCUT2D eigenvalue weighted by atomic mass is 9.92. The lowest BCUT2D eigenvalue weighted by molar-refractivity contribution is -0.104. The smallest absolute Gasteiger partial charge is 0.100 e. The van der Waals surface area contributed by atoms with Gasteiger partial charge in [0.25, 0.3) is 0 Å². The molecular formula is C11H27NO2. The Morgan fingerprint density at radius 2 is 1.64 bits per heavy atom. The molecule has 0 radical (unpaired) electrons. The molecule has 1 heterocycles. The minimum atomic E-state index is -0.910. The van der Waals surface area contributed by atoms with Crippen LogP contribution in [0.3, 0.4) is 0 Å². The van der Waals surface area contributed by atoms with Crippen LogP contribution in [0.4, 0.5) is 0 Å². The van der Waals surface area contributed by atoms with Crippen LogP contribution >= 0.6 is 0 Å². The molecule has 1 rings (SSSR count). The Balaban J connectivity index is 0. The molecule has 1 saturated heterocycles. The Morgan fingerprint density at radius 3 is 1.93 bits per heavy atom. The summed E-state index contributed by atoms with van der Waals surface area (Å²) in [6.45, 7) is 11.1. The van der Waals surface area contributed by atoms with Crippen LogP contribution in [0.2, 0.25) is 0 Å². The normalized spacial score (nSPS) is 32.1. The van der Waals surface area contributed by atoms with Crippen molar-refractivity contribution in [2.45, 2.75) is 52.7 Å². The van der Waals surface area contributed by atoms with E-state index in [4.69, 9.17) is 0 Å². The Bertz CT molecular complexity index is 126. The number of aliphatic hydroxyl groups is 2. The van der Waals surface area contributed by atoms with Crippen LogP contribution in [0.1, 0.15) is 41.0 Å². The molecule has 2 atom stereocenters. The van der Waals surface area contributed by atoms with E-state index in [2.05, 4.69) is 0 Å². The van der Waals surface area contributed by atoms with Crippen molar-refractivity contribution < 1.29 is 10.2 Å². The van der Waals surface area contributed by atoms with Crippen molar-refractivity contribution in [1.29, 1.82) is 0 Å². The molecular weight excluding hydrogens is 178 g/mol. The molecule has 1 aliphatic rings. The number of rotatable bonds is 0. The van der Waals surface area contributed by atoms with Gasteiger partial charge in [0, 0.05) is 13.1 Å². The van der Waals surface area contributed by atoms with Gasteiger partial charge in [0.05, 0.1) is 6.10 Å². The third-order valence-electron chi connectivity index (χ3n) is 2.09. The van der Waals surface area contributed by atoms with Gasteiger partial charge in [-0.1, -0.05) is 27.7 Å². The number of nitrogens with zero attached hydrogens (tertiary/aromatic N) is 1. The first-order valence-corrected chi connectivity index (χ1v) is 5.61. The van der Waals surface area contributed by atoms with Gasteiger partial charge in [-0.25, -0.2) is 0 Å². The summed E-state index contributed by atoms with van der Waals surface area (Å²) in [7, 11) is 1.94. The van der Waals surface area contributed by atoms with E-state index in [-0.39, 0.29) is 0 Å². The predicted octanol–water partition coefficient (Wildman–Crippen LogP) is 1.49. The number of hydrogen-bond donors (Lipinski definition) is 2. The zero-order valence-corrected chi connectivity index (χ0v) is 10.5. The zero-order chi connectivity index (χ0) is 11.8. The minimum Gasteiger partial charge on any atom is -0.390 e. The topological polar surface area (TPSA) is 43.7 Å². The Kier molecular flexibility index (Phi) is 9.57. The summed E-state index contributed by atoms with van der Waals surface area (Å²) in [5.74, 6) is 0. The first-order chi connectivity index (χ1) is 6.52. The lowest BCUT2D eigenvalue weighted by Gasteiger charge is -2.38. The highest BCUT2D eigenvalue weighted by atomic mass is 16.3. The molecule has 2 N–H and O–H groups in total. The van der Waals surface area contributed by atoms with E-state index in [0.717, 1.165) is 6.54 Å². The molecule has 0 aromatic heterocycles. The highest BCUT2D eigenvalue weighted by Gasteiger charge is 2.35. The molecule has 3 heteroatoms. The number of likely N-dealkylation sites (N-methyl/N-ethyl adjacent to an activating group) is 1. The maximum absolute atomic E-state index is 9.52. The quantitative estimate of drug-likeness (QED) is 0.629. The monoisotopic (exact) mass is 205 g/mol. The van der Waals surface area contributed by atoms with Crippen molar-refractivity contribution in [3.8, 4) is 0 Å². The highest BCUT2D eigenvalue weighted by molar-refractivity contribution is 4.88. The summed E-state index contributed by atoms with van der Waals surface area (Å²) in [6, 6.07) is 0. The number of likely N-dealkylation sites (tertiary alicyclic amines) is 1. The molecule has 0 aliphatic carbocycles. The first-order valence-electron chi connectivity index (χ1n) is 5.61. The van der Waals surface area contributed by atoms with Crippen molar-refractivity contribution in [1.82, 2.24) is 4.90 Å². The van der Waals surface area contributed by atoms with Gasteiger partial charge in [0.2, 0.25) is 0 Å². The fourth-order valence-corrected chi connectivity index (χ4v) is 1.38. The third-order valence-corrected chi connectivity index (χ3v) is 2.09. The second-order valence-electron chi connectivity index (χ2n) is 3.40. The van der Waals surface area contributed by atoms with Gasteiger partial charge >= 0.3 is 0 Å². The molecule has 0 spiro atoms. The van der Waals surface area contributed by atoms with E-state index in [9.17, 15) is 10.2 Å². The second kappa shape index (κ2) is 8.21. The predicted molar refractivity (Wildman–Crippen MR) is 61.4 cm³/mol. The zero-order valence-electron chi connectivity index (χ0n) is 10.5. The van der Waals surface area contributed by atoms with Gasteiger partial charge in [-0.3, -0.25) is 0 Å². The van der Waals surface area contributed by atoms with Crippen molar-refractivity contribution in [3.63, 3.8) is 0 Å². The van der Waals surface area contributed by atoms with E-state index in [1.54, 1.807) is 6.92 Å². The van der Waals surface area contributed by atoms with Crippen LogP contribution in [-0.4, -0.2) is 47.0 Å². The summed E-state index contributed by atoms with van der Waals surface area (Å²) >= 11 is 0. The van der Waals surface area contributed by atoms with Crippen LogP contribution in [-0.2, 0) is 0 Å². The van der Waals surface area contributed by atoms with Crippen LogP contribution in [0.25, 0.3) is 0 Å². The van der Waals surface area contributed by atoms with Gasteiger partial charge in [-0.05, 0) is 20.4 Å². The molecule has 0 aromatic rings. The van der Waals surface area contributed by atoms with Gasteiger partial charge in [0.1, 0.15) is 5.60 Å². The number of piperidine rings is 1. The van der Waals surface area contributed by atoms with E-state index in [1.807, 2.05) is 39.6 Å². The molecule has 0 amide bonds. The van der Waals surface area contributed by atoms with Crippen LogP contribution in [0.5, 0.6) is 0 Å². The van der Waals surface area contributed by atoms with E-state index < -0.39 is 11.7 Å². The SMILES string of the molecule is CC.CC.CN1CCC(O)C(C)(O)C1. The number of hydrogen-bond acceptors (Lipinski definition) is 3. The summed E-state index contributed by atoms with van der Waals surface area (Å²) in [4.78, 5) is 2.02. The number of aliphatic hydroxyl groups excluding tert-OH is 1. The van der Waals surface area contributed by atoms with Crippen molar-refractivity contribution in [2.75, 3.05) is 20.1 Å².